The number of nitrogens with one attached hydrogen (secondary N) is 1. The van der Waals surface area contributed by atoms with E-state index in [-0.39, 0.29) is 6.04 Å². The van der Waals surface area contributed by atoms with E-state index >= 15 is 0 Å². The minimum atomic E-state index is 0.176. The predicted octanol–water partition coefficient (Wildman–Crippen LogP) is 4.53. The molecule has 21 heavy (non-hydrogen) atoms. The minimum Gasteiger partial charge on any atom is -0.376 e. The number of hydrogen-bond acceptors (Lipinski definition) is 3. The van der Waals surface area contributed by atoms with Crippen LogP contribution in [0.3, 0.4) is 0 Å². The summed E-state index contributed by atoms with van der Waals surface area (Å²) in [6.07, 6.45) is 8.89. The SMILES string of the molecule is Cc1c(NC(C)c2ccc(Cl)nc2)cnn1C1CCCC1. The monoisotopic (exact) mass is 304 g/mol. The Labute approximate surface area is 130 Å². The standard InChI is InChI=1S/C16H21ClN4/c1-11(13-7-8-16(17)18-9-13)20-15-10-19-21(12(15)2)14-5-3-4-6-14/h7-11,14,20H,3-6H2,1-2H3. The van der Waals surface area contributed by atoms with Gasteiger partial charge in [0.2, 0.25) is 0 Å². The lowest BCUT2D eigenvalue weighted by Crippen LogP contribution is -2.10. The van der Waals surface area contributed by atoms with Crippen LogP contribution in [0.1, 0.15) is 55.9 Å². The van der Waals surface area contributed by atoms with E-state index in [1.807, 2.05) is 24.5 Å². The number of halogens is 1. The van der Waals surface area contributed by atoms with E-state index in [1.165, 1.54) is 31.4 Å². The fourth-order valence-electron chi connectivity index (χ4n) is 3.04. The summed E-state index contributed by atoms with van der Waals surface area (Å²) in [7, 11) is 0. The summed E-state index contributed by atoms with van der Waals surface area (Å²) < 4.78 is 2.18. The topological polar surface area (TPSA) is 42.7 Å². The first-order chi connectivity index (χ1) is 10.1. The first kappa shape index (κ1) is 14.4. The lowest BCUT2D eigenvalue weighted by molar-refractivity contribution is 0.457. The highest BCUT2D eigenvalue weighted by atomic mass is 35.5. The molecular formula is C16H21ClN4. The van der Waals surface area contributed by atoms with Crippen LogP contribution in [-0.2, 0) is 0 Å². The Bertz CT molecular complexity index is 599. The van der Waals surface area contributed by atoms with Gasteiger partial charge >= 0.3 is 0 Å². The number of rotatable bonds is 4. The van der Waals surface area contributed by atoms with Crippen molar-refractivity contribution in [1.82, 2.24) is 14.8 Å². The third-order valence-electron chi connectivity index (χ3n) is 4.34. The molecule has 0 radical (unpaired) electrons. The lowest BCUT2D eigenvalue weighted by atomic mass is 10.1. The molecule has 112 valence electrons. The van der Waals surface area contributed by atoms with Crippen LogP contribution in [0.25, 0.3) is 0 Å². The van der Waals surface area contributed by atoms with Gasteiger partial charge in [-0.3, -0.25) is 4.68 Å². The van der Waals surface area contributed by atoms with Crippen LogP contribution in [0.2, 0.25) is 5.15 Å². The molecule has 1 saturated carbocycles. The molecule has 1 fully saturated rings. The fraction of sp³-hybridized carbons (Fsp3) is 0.500. The van der Waals surface area contributed by atoms with Crippen LogP contribution in [0.5, 0.6) is 0 Å². The van der Waals surface area contributed by atoms with E-state index in [9.17, 15) is 0 Å². The highest BCUT2D eigenvalue weighted by Gasteiger charge is 2.20. The quantitative estimate of drug-likeness (QED) is 0.844. The molecule has 3 rings (SSSR count). The Balaban J connectivity index is 1.74. The molecule has 2 heterocycles. The van der Waals surface area contributed by atoms with Gasteiger partial charge in [-0.15, -0.1) is 0 Å². The van der Waals surface area contributed by atoms with Gasteiger partial charge in [-0.25, -0.2) is 4.98 Å². The molecule has 1 aliphatic rings. The Kier molecular flexibility index (Phi) is 4.15. The van der Waals surface area contributed by atoms with Gasteiger partial charge in [0.15, 0.2) is 0 Å². The minimum absolute atomic E-state index is 0.176. The predicted molar refractivity (Wildman–Crippen MR) is 85.8 cm³/mol. The van der Waals surface area contributed by atoms with Crippen molar-refractivity contribution >= 4 is 17.3 Å². The van der Waals surface area contributed by atoms with Crippen molar-refractivity contribution in [2.75, 3.05) is 5.32 Å². The third kappa shape index (κ3) is 3.05. The number of anilines is 1. The van der Waals surface area contributed by atoms with Gasteiger partial charge in [0.25, 0.3) is 0 Å². The van der Waals surface area contributed by atoms with Crippen molar-refractivity contribution < 1.29 is 0 Å². The average Bonchev–Trinajstić information content (AvgIpc) is 3.10. The molecule has 2 aromatic heterocycles. The van der Waals surface area contributed by atoms with E-state index in [2.05, 4.69) is 33.9 Å². The van der Waals surface area contributed by atoms with Gasteiger partial charge in [-0.05, 0) is 38.3 Å². The summed E-state index contributed by atoms with van der Waals surface area (Å²) >= 11 is 5.83. The van der Waals surface area contributed by atoms with Crippen molar-refractivity contribution in [3.63, 3.8) is 0 Å². The number of aromatic nitrogens is 3. The van der Waals surface area contributed by atoms with Crippen molar-refractivity contribution in [1.29, 1.82) is 0 Å². The molecule has 0 aliphatic heterocycles. The summed E-state index contributed by atoms with van der Waals surface area (Å²) in [5, 5.41) is 8.62. The van der Waals surface area contributed by atoms with Crippen LogP contribution in [0.4, 0.5) is 5.69 Å². The molecule has 0 amide bonds. The maximum Gasteiger partial charge on any atom is 0.129 e. The van der Waals surface area contributed by atoms with Crippen LogP contribution in [0.15, 0.2) is 24.5 Å². The molecule has 0 bridgehead atoms. The molecular weight excluding hydrogens is 284 g/mol. The third-order valence-corrected chi connectivity index (χ3v) is 4.56. The van der Waals surface area contributed by atoms with Crippen molar-refractivity contribution in [3.8, 4) is 0 Å². The van der Waals surface area contributed by atoms with E-state index in [0.717, 1.165) is 11.3 Å². The second-order valence-corrected chi connectivity index (χ2v) is 6.19. The summed E-state index contributed by atoms with van der Waals surface area (Å²) in [4.78, 5) is 4.14. The van der Waals surface area contributed by atoms with Gasteiger partial charge in [-0.1, -0.05) is 30.5 Å². The Hall–Kier alpha value is -1.55. The first-order valence-electron chi connectivity index (χ1n) is 7.57. The second-order valence-electron chi connectivity index (χ2n) is 5.81. The molecule has 1 atom stereocenters. The van der Waals surface area contributed by atoms with Crippen LogP contribution >= 0.6 is 11.6 Å². The highest BCUT2D eigenvalue weighted by molar-refractivity contribution is 6.29. The highest BCUT2D eigenvalue weighted by Crippen LogP contribution is 2.32. The summed E-state index contributed by atoms with van der Waals surface area (Å²) in [5.41, 5.74) is 3.44. The van der Waals surface area contributed by atoms with E-state index in [1.54, 1.807) is 0 Å². The number of nitrogens with zero attached hydrogens (tertiary/aromatic N) is 3. The lowest BCUT2D eigenvalue weighted by Gasteiger charge is -2.16. The van der Waals surface area contributed by atoms with Gasteiger partial charge in [-0.2, -0.15) is 5.10 Å². The Morgan fingerprint density at radius 3 is 2.71 bits per heavy atom. The zero-order valence-corrected chi connectivity index (χ0v) is 13.3. The maximum absolute atomic E-state index is 5.83. The molecule has 5 heteroatoms. The van der Waals surface area contributed by atoms with Crippen LogP contribution < -0.4 is 5.32 Å². The molecule has 4 nitrogen and oxygen atoms in total. The molecule has 1 unspecified atom stereocenters. The fourth-order valence-corrected chi connectivity index (χ4v) is 3.15. The smallest absolute Gasteiger partial charge is 0.129 e. The van der Waals surface area contributed by atoms with Gasteiger partial charge in [0.1, 0.15) is 5.15 Å². The molecule has 0 aromatic carbocycles. The van der Waals surface area contributed by atoms with E-state index < -0.39 is 0 Å². The molecule has 1 N–H and O–H groups in total. The van der Waals surface area contributed by atoms with Crippen molar-refractivity contribution in [2.45, 2.75) is 51.6 Å². The largest absolute Gasteiger partial charge is 0.376 e. The van der Waals surface area contributed by atoms with E-state index in [0.29, 0.717) is 11.2 Å². The summed E-state index contributed by atoms with van der Waals surface area (Å²) in [5.74, 6) is 0. The van der Waals surface area contributed by atoms with Crippen molar-refractivity contribution in [3.05, 3.63) is 40.9 Å². The maximum atomic E-state index is 5.83. The Morgan fingerprint density at radius 1 is 1.29 bits per heavy atom. The summed E-state index contributed by atoms with van der Waals surface area (Å²) in [6, 6.07) is 4.58. The second kappa shape index (κ2) is 6.06. The Morgan fingerprint density at radius 2 is 2.05 bits per heavy atom. The number of pyridine rings is 1. The first-order valence-corrected chi connectivity index (χ1v) is 7.95. The van der Waals surface area contributed by atoms with Crippen LogP contribution in [0, 0.1) is 6.92 Å². The summed E-state index contributed by atoms with van der Waals surface area (Å²) in [6.45, 7) is 4.26. The zero-order chi connectivity index (χ0) is 14.8. The zero-order valence-electron chi connectivity index (χ0n) is 12.5. The van der Waals surface area contributed by atoms with E-state index in [4.69, 9.17) is 11.6 Å². The normalized spacial score (nSPS) is 17.1. The average molecular weight is 305 g/mol. The van der Waals surface area contributed by atoms with Crippen molar-refractivity contribution in [2.24, 2.45) is 0 Å². The molecule has 0 saturated heterocycles. The van der Waals surface area contributed by atoms with Gasteiger partial charge in [0.05, 0.1) is 29.7 Å². The number of hydrogen-bond donors (Lipinski definition) is 1. The molecule has 1 aliphatic carbocycles. The molecule has 2 aromatic rings. The van der Waals surface area contributed by atoms with Crippen LogP contribution in [-0.4, -0.2) is 14.8 Å². The van der Waals surface area contributed by atoms with Gasteiger partial charge < -0.3 is 5.32 Å². The van der Waals surface area contributed by atoms with Gasteiger partial charge in [0, 0.05) is 6.20 Å². The molecule has 0 spiro atoms.